The predicted octanol–water partition coefficient (Wildman–Crippen LogP) is 0.413. The fourth-order valence-corrected chi connectivity index (χ4v) is 1.80. The maximum atomic E-state index is 10.7. The van der Waals surface area contributed by atoms with E-state index in [-0.39, 0.29) is 5.41 Å². The number of rotatable bonds is 2. The molecule has 3 nitrogen and oxygen atoms in total. The number of hydrogen-bond donors (Lipinski definition) is 2. The van der Waals surface area contributed by atoms with Gasteiger partial charge in [-0.3, -0.25) is 4.79 Å². The normalized spacial score (nSPS) is 24.9. The van der Waals surface area contributed by atoms with Gasteiger partial charge >= 0.3 is 0 Å². The zero-order valence-corrected chi connectivity index (χ0v) is 6.84. The molecule has 64 valence electrons. The number of aliphatic hydroxyl groups is 1. The van der Waals surface area contributed by atoms with Crippen LogP contribution in [0.5, 0.6) is 0 Å². The van der Waals surface area contributed by atoms with E-state index in [1.54, 1.807) is 0 Å². The van der Waals surface area contributed by atoms with Crippen molar-refractivity contribution in [2.75, 3.05) is 0 Å². The van der Waals surface area contributed by atoms with Crippen LogP contribution < -0.4 is 5.73 Å². The quantitative estimate of drug-likeness (QED) is 0.610. The molecule has 0 bridgehead atoms. The summed E-state index contributed by atoms with van der Waals surface area (Å²) in [7, 11) is 0. The first-order chi connectivity index (χ1) is 5.06. The maximum Gasteiger partial charge on any atom is 0.246 e. The number of aliphatic hydroxyl groups excluding tert-OH is 1. The van der Waals surface area contributed by atoms with E-state index in [9.17, 15) is 9.90 Å². The van der Waals surface area contributed by atoms with Crippen molar-refractivity contribution < 1.29 is 9.90 Å². The Labute approximate surface area is 66.6 Å². The van der Waals surface area contributed by atoms with Crippen LogP contribution in [-0.4, -0.2) is 17.1 Å². The van der Waals surface area contributed by atoms with E-state index in [1.807, 2.05) is 6.92 Å². The largest absolute Gasteiger partial charge is 0.383 e. The second-order valence-electron chi connectivity index (χ2n) is 3.67. The molecule has 0 aromatic heterocycles. The van der Waals surface area contributed by atoms with Gasteiger partial charge in [0.25, 0.3) is 0 Å². The van der Waals surface area contributed by atoms with Crippen LogP contribution in [0.3, 0.4) is 0 Å². The van der Waals surface area contributed by atoms with Gasteiger partial charge in [0.1, 0.15) is 6.10 Å². The minimum Gasteiger partial charge on any atom is -0.383 e. The number of hydrogen-bond acceptors (Lipinski definition) is 2. The minimum absolute atomic E-state index is 0.244. The second kappa shape index (κ2) is 2.81. The third-order valence-electron chi connectivity index (χ3n) is 2.68. The summed E-state index contributed by atoms with van der Waals surface area (Å²) in [5.41, 5.74) is 4.77. The molecule has 1 atom stereocenters. The first kappa shape index (κ1) is 8.53. The average molecular weight is 157 g/mol. The van der Waals surface area contributed by atoms with Gasteiger partial charge < -0.3 is 10.8 Å². The molecule has 0 radical (unpaired) electrons. The highest BCUT2D eigenvalue weighted by molar-refractivity contribution is 5.79. The van der Waals surface area contributed by atoms with Crippen molar-refractivity contribution in [3.8, 4) is 0 Å². The molecule has 1 amide bonds. The minimum atomic E-state index is -0.954. The molecule has 0 heterocycles. The fraction of sp³-hybridized carbons (Fsp3) is 0.875. The Hall–Kier alpha value is -0.570. The molecule has 0 aromatic carbocycles. The van der Waals surface area contributed by atoms with E-state index in [4.69, 9.17) is 5.73 Å². The zero-order chi connectivity index (χ0) is 8.48. The average Bonchev–Trinajstić information content (AvgIpc) is 2.35. The number of amides is 1. The summed E-state index contributed by atoms with van der Waals surface area (Å²) in [5.74, 6) is -0.589. The zero-order valence-electron chi connectivity index (χ0n) is 6.84. The highest BCUT2D eigenvalue weighted by atomic mass is 16.3. The Bertz CT molecular complexity index is 161. The van der Waals surface area contributed by atoms with E-state index in [0.29, 0.717) is 0 Å². The summed E-state index contributed by atoms with van der Waals surface area (Å²) < 4.78 is 0. The van der Waals surface area contributed by atoms with Gasteiger partial charge in [0.05, 0.1) is 0 Å². The van der Waals surface area contributed by atoms with Crippen LogP contribution in [-0.2, 0) is 4.79 Å². The molecule has 3 heteroatoms. The summed E-state index contributed by atoms with van der Waals surface area (Å²) in [6.07, 6.45) is 3.07. The van der Waals surface area contributed by atoms with Crippen LogP contribution in [0.1, 0.15) is 32.6 Å². The van der Waals surface area contributed by atoms with Crippen molar-refractivity contribution in [3.63, 3.8) is 0 Å². The van der Waals surface area contributed by atoms with Gasteiger partial charge in [-0.1, -0.05) is 19.8 Å². The molecular weight excluding hydrogens is 142 g/mol. The van der Waals surface area contributed by atoms with Gasteiger partial charge in [-0.05, 0) is 12.8 Å². The fourth-order valence-electron chi connectivity index (χ4n) is 1.80. The SMILES string of the molecule is CC1(C(O)C(N)=O)CCCC1. The summed E-state index contributed by atoms with van der Waals surface area (Å²) in [6.45, 7) is 1.93. The Balaban J connectivity index is 2.63. The van der Waals surface area contributed by atoms with Gasteiger partial charge in [-0.2, -0.15) is 0 Å². The van der Waals surface area contributed by atoms with E-state index < -0.39 is 12.0 Å². The Morgan fingerprint density at radius 1 is 1.55 bits per heavy atom. The van der Waals surface area contributed by atoms with E-state index in [0.717, 1.165) is 25.7 Å². The van der Waals surface area contributed by atoms with Crippen molar-refractivity contribution in [1.29, 1.82) is 0 Å². The van der Waals surface area contributed by atoms with Crippen LogP contribution in [0.2, 0.25) is 0 Å². The summed E-state index contributed by atoms with van der Waals surface area (Å²) in [4.78, 5) is 10.7. The van der Waals surface area contributed by atoms with Crippen LogP contribution in [0.25, 0.3) is 0 Å². The highest BCUT2D eigenvalue weighted by Crippen LogP contribution is 2.40. The molecule has 0 saturated heterocycles. The number of primary amides is 1. The van der Waals surface area contributed by atoms with Gasteiger partial charge in [0.15, 0.2) is 0 Å². The van der Waals surface area contributed by atoms with Crippen molar-refractivity contribution in [2.45, 2.75) is 38.7 Å². The third kappa shape index (κ3) is 1.53. The Morgan fingerprint density at radius 3 is 2.36 bits per heavy atom. The monoisotopic (exact) mass is 157 g/mol. The second-order valence-corrected chi connectivity index (χ2v) is 3.67. The molecule has 1 saturated carbocycles. The van der Waals surface area contributed by atoms with Crippen molar-refractivity contribution in [1.82, 2.24) is 0 Å². The van der Waals surface area contributed by atoms with Crippen LogP contribution in [0.15, 0.2) is 0 Å². The molecule has 1 fully saturated rings. The number of carbonyl (C=O) groups excluding carboxylic acids is 1. The lowest BCUT2D eigenvalue weighted by Crippen LogP contribution is -2.40. The Morgan fingerprint density at radius 2 is 2.00 bits per heavy atom. The Kier molecular flexibility index (Phi) is 2.18. The summed E-state index contributed by atoms with van der Waals surface area (Å²) in [6, 6.07) is 0. The summed E-state index contributed by atoms with van der Waals surface area (Å²) in [5, 5.41) is 9.41. The van der Waals surface area contributed by atoms with Crippen molar-refractivity contribution >= 4 is 5.91 Å². The summed E-state index contributed by atoms with van der Waals surface area (Å²) >= 11 is 0. The number of nitrogens with two attached hydrogens (primary N) is 1. The standard InChI is InChI=1S/C8H15NO2/c1-8(4-2-3-5-8)6(10)7(9)11/h6,10H,2-5H2,1H3,(H2,9,11). The lowest BCUT2D eigenvalue weighted by molar-refractivity contribution is -0.132. The van der Waals surface area contributed by atoms with E-state index in [2.05, 4.69) is 0 Å². The van der Waals surface area contributed by atoms with Gasteiger partial charge in [0.2, 0.25) is 5.91 Å². The molecule has 0 aromatic rings. The predicted molar refractivity (Wildman–Crippen MR) is 41.8 cm³/mol. The molecular formula is C8H15NO2. The van der Waals surface area contributed by atoms with Crippen LogP contribution in [0.4, 0.5) is 0 Å². The first-order valence-electron chi connectivity index (χ1n) is 4.04. The first-order valence-corrected chi connectivity index (χ1v) is 4.04. The van der Waals surface area contributed by atoms with Gasteiger partial charge in [-0.15, -0.1) is 0 Å². The maximum absolute atomic E-state index is 10.7. The van der Waals surface area contributed by atoms with Gasteiger partial charge in [0, 0.05) is 5.41 Å². The topological polar surface area (TPSA) is 63.3 Å². The molecule has 1 aliphatic carbocycles. The lowest BCUT2D eigenvalue weighted by atomic mass is 9.82. The smallest absolute Gasteiger partial charge is 0.246 e. The molecule has 1 rings (SSSR count). The lowest BCUT2D eigenvalue weighted by Gasteiger charge is -2.27. The van der Waals surface area contributed by atoms with Crippen molar-refractivity contribution in [3.05, 3.63) is 0 Å². The van der Waals surface area contributed by atoms with Crippen LogP contribution in [0, 0.1) is 5.41 Å². The third-order valence-corrected chi connectivity index (χ3v) is 2.68. The molecule has 11 heavy (non-hydrogen) atoms. The molecule has 1 aliphatic rings. The van der Waals surface area contributed by atoms with E-state index >= 15 is 0 Å². The molecule has 0 aliphatic heterocycles. The van der Waals surface area contributed by atoms with Crippen LogP contribution >= 0.6 is 0 Å². The van der Waals surface area contributed by atoms with Gasteiger partial charge in [-0.25, -0.2) is 0 Å². The highest BCUT2D eigenvalue weighted by Gasteiger charge is 2.38. The van der Waals surface area contributed by atoms with Crippen molar-refractivity contribution in [2.24, 2.45) is 11.1 Å². The molecule has 3 N–H and O–H groups in total. The number of carbonyl (C=O) groups is 1. The van der Waals surface area contributed by atoms with E-state index in [1.165, 1.54) is 0 Å². The molecule has 0 spiro atoms. The molecule has 1 unspecified atom stereocenters.